The molecule has 2 rings (SSSR count). The van der Waals surface area contributed by atoms with Gasteiger partial charge in [-0.1, -0.05) is 12.1 Å². The molecule has 4 heteroatoms. The van der Waals surface area contributed by atoms with Crippen LogP contribution in [0.2, 0.25) is 0 Å². The smallest absolute Gasteiger partial charge is 0.260 e. The van der Waals surface area contributed by atoms with Gasteiger partial charge in [-0.2, -0.15) is 0 Å². The lowest BCUT2D eigenvalue weighted by molar-refractivity contribution is -0.126. The Morgan fingerprint density at radius 3 is 2.89 bits per heavy atom. The quantitative estimate of drug-likeness (QED) is 0.884. The summed E-state index contributed by atoms with van der Waals surface area (Å²) < 4.78 is 5.65. The summed E-state index contributed by atoms with van der Waals surface area (Å²) in [6.07, 6.45) is 1.72. The number of amides is 1. The van der Waals surface area contributed by atoms with Crippen molar-refractivity contribution >= 4 is 11.7 Å². The number of carbonyl (C=O) groups is 2. The number of ether oxygens (including phenoxy) is 1. The van der Waals surface area contributed by atoms with Crippen molar-refractivity contribution in [3.63, 3.8) is 0 Å². The maximum Gasteiger partial charge on any atom is 0.260 e. The first-order valence-corrected chi connectivity index (χ1v) is 6.17. The van der Waals surface area contributed by atoms with Gasteiger partial charge >= 0.3 is 0 Å². The van der Waals surface area contributed by atoms with Gasteiger partial charge in [-0.05, 0) is 25.8 Å². The molecule has 1 amide bonds. The van der Waals surface area contributed by atoms with Crippen molar-refractivity contribution in [3.8, 4) is 5.75 Å². The van der Waals surface area contributed by atoms with Crippen LogP contribution in [0, 0.1) is 0 Å². The molecule has 1 aromatic rings. The number of hydrogen-bond acceptors (Lipinski definition) is 3. The Bertz CT molecular complexity index is 482. The maximum absolute atomic E-state index is 11.8. The third-order valence-corrected chi connectivity index (χ3v) is 3.18. The minimum atomic E-state index is -0.557. The Morgan fingerprint density at radius 1 is 1.39 bits per heavy atom. The Kier molecular flexibility index (Phi) is 3.65. The third-order valence-electron chi connectivity index (χ3n) is 3.18. The predicted molar refractivity (Wildman–Crippen MR) is 67.9 cm³/mol. The van der Waals surface area contributed by atoms with Gasteiger partial charge in [0.15, 0.2) is 11.9 Å². The van der Waals surface area contributed by atoms with Gasteiger partial charge in [0.1, 0.15) is 5.75 Å². The molecule has 1 aliphatic carbocycles. The third kappa shape index (κ3) is 2.37. The molecule has 0 aromatic heterocycles. The topological polar surface area (TPSA) is 55.4 Å². The molecular formula is C14H17NO3. The average Bonchev–Trinajstić information content (AvgIpc) is 2.39. The van der Waals surface area contributed by atoms with Crippen molar-refractivity contribution in [2.45, 2.75) is 32.3 Å². The van der Waals surface area contributed by atoms with E-state index in [0.717, 1.165) is 24.0 Å². The van der Waals surface area contributed by atoms with Crippen LogP contribution in [-0.4, -0.2) is 24.8 Å². The van der Waals surface area contributed by atoms with Crippen LogP contribution in [0.15, 0.2) is 18.2 Å². The second kappa shape index (κ2) is 5.21. The van der Waals surface area contributed by atoms with E-state index < -0.39 is 6.10 Å². The zero-order valence-corrected chi connectivity index (χ0v) is 10.7. The Labute approximate surface area is 106 Å². The lowest BCUT2D eigenvalue weighted by Crippen LogP contribution is -2.34. The van der Waals surface area contributed by atoms with E-state index in [-0.39, 0.29) is 11.7 Å². The van der Waals surface area contributed by atoms with E-state index in [4.69, 9.17) is 4.74 Å². The SMILES string of the molecule is CNC(=O)C(C)Oc1cccc2c1CCCC2=O. The van der Waals surface area contributed by atoms with Crippen molar-refractivity contribution in [1.82, 2.24) is 5.32 Å². The minimum Gasteiger partial charge on any atom is -0.481 e. The van der Waals surface area contributed by atoms with Gasteiger partial charge in [0, 0.05) is 24.6 Å². The number of ketones is 1. The molecule has 1 unspecified atom stereocenters. The summed E-state index contributed by atoms with van der Waals surface area (Å²) in [5, 5.41) is 2.54. The van der Waals surface area contributed by atoms with E-state index >= 15 is 0 Å². The molecule has 0 aliphatic heterocycles. The molecule has 0 bridgehead atoms. The molecule has 0 saturated heterocycles. The zero-order chi connectivity index (χ0) is 13.1. The number of nitrogens with one attached hydrogen (secondary N) is 1. The lowest BCUT2D eigenvalue weighted by atomic mass is 9.90. The van der Waals surface area contributed by atoms with Crippen LogP contribution in [-0.2, 0) is 11.2 Å². The van der Waals surface area contributed by atoms with E-state index in [9.17, 15) is 9.59 Å². The summed E-state index contributed by atoms with van der Waals surface area (Å²) in [7, 11) is 1.58. The Balaban J connectivity index is 2.26. The van der Waals surface area contributed by atoms with Gasteiger partial charge in [0.2, 0.25) is 0 Å². The van der Waals surface area contributed by atoms with E-state index in [1.165, 1.54) is 0 Å². The number of carbonyl (C=O) groups excluding carboxylic acids is 2. The summed E-state index contributed by atoms with van der Waals surface area (Å²) in [6, 6.07) is 5.44. The van der Waals surface area contributed by atoms with Gasteiger partial charge in [0.25, 0.3) is 5.91 Å². The summed E-state index contributed by atoms with van der Waals surface area (Å²) in [5.41, 5.74) is 1.67. The summed E-state index contributed by atoms with van der Waals surface area (Å²) in [6.45, 7) is 1.70. The van der Waals surface area contributed by atoms with Crippen molar-refractivity contribution in [1.29, 1.82) is 0 Å². The molecule has 4 nitrogen and oxygen atoms in total. The monoisotopic (exact) mass is 247 g/mol. The van der Waals surface area contributed by atoms with E-state index in [1.54, 1.807) is 20.0 Å². The number of fused-ring (bicyclic) bond motifs is 1. The Morgan fingerprint density at radius 2 is 2.17 bits per heavy atom. The summed E-state index contributed by atoms with van der Waals surface area (Å²) >= 11 is 0. The molecule has 0 spiro atoms. The highest BCUT2D eigenvalue weighted by Crippen LogP contribution is 2.30. The molecule has 1 aliphatic rings. The largest absolute Gasteiger partial charge is 0.481 e. The molecule has 1 atom stereocenters. The number of likely N-dealkylation sites (N-methyl/N-ethyl adjacent to an activating group) is 1. The second-order valence-electron chi connectivity index (χ2n) is 4.43. The van der Waals surface area contributed by atoms with Crippen LogP contribution < -0.4 is 10.1 Å². The zero-order valence-electron chi connectivity index (χ0n) is 10.7. The lowest BCUT2D eigenvalue weighted by Gasteiger charge is -2.20. The van der Waals surface area contributed by atoms with Gasteiger partial charge in [-0.25, -0.2) is 0 Å². The average molecular weight is 247 g/mol. The van der Waals surface area contributed by atoms with Crippen LogP contribution in [0.1, 0.15) is 35.7 Å². The standard InChI is InChI=1S/C14H17NO3/c1-9(14(17)15-2)18-13-8-4-5-10-11(13)6-3-7-12(10)16/h4-5,8-9H,3,6-7H2,1-2H3,(H,15,17). The maximum atomic E-state index is 11.8. The highest BCUT2D eigenvalue weighted by atomic mass is 16.5. The molecule has 0 fully saturated rings. The van der Waals surface area contributed by atoms with Crippen molar-refractivity contribution in [2.24, 2.45) is 0 Å². The van der Waals surface area contributed by atoms with Crippen LogP contribution in [0.25, 0.3) is 0 Å². The number of benzene rings is 1. The molecule has 1 aromatic carbocycles. The molecule has 1 N–H and O–H groups in total. The van der Waals surface area contributed by atoms with Gasteiger partial charge < -0.3 is 10.1 Å². The number of hydrogen-bond donors (Lipinski definition) is 1. The summed E-state index contributed by atoms with van der Waals surface area (Å²) in [5.74, 6) is 0.640. The van der Waals surface area contributed by atoms with E-state index in [1.807, 2.05) is 12.1 Å². The first-order valence-electron chi connectivity index (χ1n) is 6.17. The van der Waals surface area contributed by atoms with Crippen LogP contribution in [0.3, 0.4) is 0 Å². The van der Waals surface area contributed by atoms with Crippen LogP contribution in [0.5, 0.6) is 5.75 Å². The van der Waals surface area contributed by atoms with Crippen LogP contribution >= 0.6 is 0 Å². The highest BCUT2D eigenvalue weighted by molar-refractivity contribution is 5.99. The number of Topliss-reactive ketones (excluding diaryl/α,β-unsaturated/α-hetero) is 1. The molecule has 18 heavy (non-hydrogen) atoms. The van der Waals surface area contributed by atoms with Crippen molar-refractivity contribution in [3.05, 3.63) is 29.3 Å². The van der Waals surface area contributed by atoms with Gasteiger partial charge in [0.05, 0.1) is 0 Å². The normalized spacial score (nSPS) is 15.8. The highest BCUT2D eigenvalue weighted by Gasteiger charge is 2.22. The second-order valence-corrected chi connectivity index (χ2v) is 4.43. The molecule has 96 valence electrons. The number of rotatable bonds is 3. The van der Waals surface area contributed by atoms with Crippen molar-refractivity contribution < 1.29 is 14.3 Å². The van der Waals surface area contributed by atoms with Crippen LogP contribution in [0.4, 0.5) is 0 Å². The fraction of sp³-hybridized carbons (Fsp3) is 0.429. The molecule has 0 saturated carbocycles. The Hall–Kier alpha value is -1.84. The first kappa shape index (κ1) is 12.6. The fourth-order valence-corrected chi connectivity index (χ4v) is 2.20. The molecule has 0 heterocycles. The van der Waals surface area contributed by atoms with Gasteiger partial charge in [-0.15, -0.1) is 0 Å². The van der Waals surface area contributed by atoms with E-state index in [0.29, 0.717) is 12.2 Å². The molecule has 0 radical (unpaired) electrons. The minimum absolute atomic E-state index is 0.161. The first-order chi connectivity index (χ1) is 8.63. The van der Waals surface area contributed by atoms with E-state index in [2.05, 4.69) is 5.32 Å². The molecular weight excluding hydrogens is 230 g/mol. The predicted octanol–water partition coefficient (Wildman–Crippen LogP) is 1.72. The van der Waals surface area contributed by atoms with Gasteiger partial charge in [-0.3, -0.25) is 9.59 Å². The summed E-state index contributed by atoms with van der Waals surface area (Å²) in [4.78, 5) is 23.2. The fourth-order valence-electron chi connectivity index (χ4n) is 2.20. The van der Waals surface area contributed by atoms with Crippen molar-refractivity contribution in [2.75, 3.05) is 7.05 Å².